The van der Waals surface area contributed by atoms with Crippen LogP contribution in [0.4, 0.5) is 0 Å². The zero-order valence-electron chi connectivity index (χ0n) is 9.26. The summed E-state index contributed by atoms with van der Waals surface area (Å²) in [5.74, 6) is 0.893. The Morgan fingerprint density at radius 1 is 1.33 bits per heavy atom. The lowest BCUT2D eigenvalue weighted by atomic mass is 10.0. The molecule has 3 nitrogen and oxygen atoms in total. The molecule has 0 aliphatic heterocycles. The Morgan fingerprint density at radius 3 is 2.40 bits per heavy atom. The highest BCUT2D eigenvalue weighted by molar-refractivity contribution is 7.90. The summed E-state index contributed by atoms with van der Waals surface area (Å²) in [5.41, 5.74) is 0.0824. The molecule has 1 fully saturated rings. The second-order valence-corrected chi connectivity index (χ2v) is 7.06. The van der Waals surface area contributed by atoms with Crippen LogP contribution in [-0.4, -0.2) is 38.4 Å². The zero-order chi connectivity index (χ0) is 11.4. The standard InChI is InChI=1S/C10H20ClNO2S/c1-15(13,14)8-4-7-12-10(9-11)5-2-3-6-10/h12H,2-9H2,1H3. The Bertz CT molecular complexity index is 284. The fraction of sp³-hybridized carbons (Fsp3) is 1.00. The molecule has 0 amide bonds. The van der Waals surface area contributed by atoms with Crippen molar-refractivity contribution in [3.05, 3.63) is 0 Å². The van der Waals surface area contributed by atoms with Crippen molar-refractivity contribution in [2.24, 2.45) is 0 Å². The van der Waals surface area contributed by atoms with E-state index in [-0.39, 0.29) is 11.3 Å². The molecule has 1 aliphatic carbocycles. The lowest BCUT2D eigenvalue weighted by Gasteiger charge is -2.27. The maximum Gasteiger partial charge on any atom is 0.147 e. The summed E-state index contributed by atoms with van der Waals surface area (Å²) in [6, 6.07) is 0. The third kappa shape index (κ3) is 4.70. The number of alkyl halides is 1. The number of sulfone groups is 1. The van der Waals surface area contributed by atoms with Crippen molar-refractivity contribution in [2.75, 3.05) is 24.4 Å². The van der Waals surface area contributed by atoms with Gasteiger partial charge in [-0.3, -0.25) is 0 Å². The molecule has 1 saturated carbocycles. The monoisotopic (exact) mass is 253 g/mol. The molecule has 5 heteroatoms. The van der Waals surface area contributed by atoms with Gasteiger partial charge in [0.15, 0.2) is 0 Å². The van der Waals surface area contributed by atoms with Crippen LogP contribution < -0.4 is 5.32 Å². The molecule has 0 bridgehead atoms. The van der Waals surface area contributed by atoms with Gasteiger partial charge in [-0.25, -0.2) is 8.42 Å². The van der Waals surface area contributed by atoms with E-state index < -0.39 is 9.84 Å². The van der Waals surface area contributed by atoms with Crippen molar-refractivity contribution in [1.82, 2.24) is 5.32 Å². The first-order valence-electron chi connectivity index (χ1n) is 5.46. The van der Waals surface area contributed by atoms with Crippen LogP contribution in [0.25, 0.3) is 0 Å². The minimum atomic E-state index is -2.82. The Morgan fingerprint density at radius 2 is 1.93 bits per heavy atom. The molecule has 0 saturated heterocycles. The van der Waals surface area contributed by atoms with Gasteiger partial charge in [0.05, 0.1) is 5.75 Å². The summed E-state index contributed by atoms with van der Waals surface area (Å²) in [5, 5.41) is 3.42. The first kappa shape index (κ1) is 13.3. The molecular weight excluding hydrogens is 234 g/mol. The summed E-state index contributed by atoms with van der Waals surface area (Å²) in [4.78, 5) is 0. The second kappa shape index (κ2) is 5.51. The molecule has 1 aliphatic rings. The smallest absolute Gasteiger partial charge is 0.147 e. The molecule has 0 heterocycles. The van der Waals surface area contributed by atoms with Gasteiger partial charge in [0.2, 0.25) is 0 Å². The van der Waals surface area contributed by atoms with Crippen molar-refractivity contribution >= 4 is 21.4 Å². The van der Waals surface area contributed by atoms with E-state index >= 15 is 0 Å². The van der Waals surface area contributed by atoms with Gasteiger partial charge in [0.1, 0.15) is 9.84 Å². The van der Waals surface area contributed by atoms with Crippen LogP contribution >= 0.6 is 11.6 Å². The molecule has 1 rings (SSSR count). The van der Waals surface area contributed by atoms with Crippen LogP contribution in [0.1, 0.15) is 32.1 Å². The van der Waals surface area contributed by atoms with Crippen LogP contribution in [0.15, 0.2) is 0 Å². The van der Waals surface area contributed by atoms with Crippen molar-refractivity contribution in [2.45, 2.75) is 37.6 Å². The van der Waals surface area contributed by atoms with Crippen molar-refractivity contribution in [3.8, 4) is 0 Å². The normalized spacial score (nSPS) is 20.7. The third-order valence-corrected chi connectivity index (χ3v) is 4.55. The highest BCUT2D eigenvalue weighted by atomic mass is 35.5. The summed E-state index contributed by atoms with van der Waals surface area (Å²) in [7, 11) is -2.82. The summed E-state index contributed by atoms with van der Waals surface area (Å²) >= 11 is 5.95. The number of hydrogen-bond acceptors (Lipinski definition) is 3. The van der Waals surface area contributed by atoms with Crippen molar-refractivity contribution in [3.63, 3.8) is 0 Å². The minimum Gasteiger partial charge on any atom is -0.310 e. The average Bonchev–Trinajstić information content (AvgIpc) is 2.60. The van der Waals surface area contributed by atoms with Gasteiger partial charge < -0.3 is 5.32 Å². The van der Waals surface area contributed by atoms with Crippen LogP contribution in [0.3, 0.4) is 0 Å². The summed E-state index contributed by atoms with van der Waals surface area (Å²) in [6.45, 7) is 0.750. The molecule has 90 valence electrons. The van der Waals surface area contributed by atoms with Gasteiger partial charge in [-0.05, 0) is 25.8 Å². The Balaban J connectivity index is 2.24. The van der Waals surface area contributed by atoms with E-state index in [1.807, 2.05) is 0 Å². The molecule has 0 radical (unpaired) electrons. The fourth-order valence-corrected chi connectivity index (χ4v) is 3.13. The number of hydrogen-bond donors (Lipinski definition) is 1. The predicted molar refractivity (Wildman–Crippen MR) is 64.2 cm³/mol. The molecular formula is C10H20ClNO2S. The molecule has 0 unspecified atom stereocenters. The third-order valence-electron chi connectivity index (χ3n) is 3.01. The predicted octanol–water partition coefficient (Wildman–Crippen LogP) is 1.56. The highest BCUT2D eigenvalue weighted by Crippen LogP contribution is 2.30. The molecule has 0 atom stereocenters. The van der Waals surface area contributed by atoms with E-state index in [2.05, 4.69) is 5.32 Å². The van der Waals surface area contributed by atoms with Gasteiger partial charge in [0.25, 0.3) is 0 Å². The first-order valence-corrected chi connectivity index (χ1v) is 8.06. The van der Waals surface area contributed by atoms with Crippen LogP contribution in [0.5, 0.6) is 0 Å². The van der Waals surface area contributed by atoms with Gasteiger partial charge >= 0.3 is 0 Å². The number of halogens is 1. The van der Waals surface area contributed by atoms with Crippen molar-refractivity contribution in [1.29, 1.82) is 0 Å². The lowest BCUT2D eigenvalue weighted by Crippen LogP contribution is -2.45. The zero-order valence-corrected chi connectivity index (χ0v) is 10.8. The average molecular weight is 254 g/mol. The van der Waals surface area contributed by atoms with E-state index in [9.17, 15) is 8.42 Å². The molecule has 1 N–H and O–H groups in total. The van der Waals surface area contributed by atoms with E-state index in [1.165, 1.54) is 19.1 Å². The van der Waals surface area contributed by atoms with E-state index in [4.69, 9.17) is 11.6 Å². The molecule has 0 aromatic rings. The molecule has 0 spiro atoms. The molecule has 15 heavy (non-hydrogen) atoms. The van der Waals surface area contributed by atoms with E-state index in [1.54, 1.807) is 0 Å². The lowest BCUT2D eigenvalue weighted by molar-refractivity contribution is 0.371. The number of nitrogens with one attached hydrogen (secondary N) is 1. The van der Waals surface area contributed by atoms with Crippen LogP contribution in [-0.2, 0) is 9.84 Å². The SMILES string of the molecule is CS(=O)(=O)CCCNC1(CCl)CCCC1. The summed E-state index contributed by atoms with van der Waals surface area (Å²) in [6.07, 6.45) is 6.65. The van der Waals surface area contributed by atoms with Crippen LogP contribution in [0, 0.1) is 0 Å². The topological polar surface area (TPSA) is 46.2 Å². The highest BCUT2D eigenvalue weighted by Gasteiger charge is 2.31. The molecule has 0 aromatic carbocycles. The summed E-state index contributed by atoms with van der Waals surface area (Å²) < 4.78 is 21.8. The van der Waals surface area contributed by atoms with Gasteiger partial charge in [0, 0.05) is 17.7 Å². The van der Waals surface area contributed by atoms with Crippen molar-refractivity contribution < 1.29 is 8.42 Å². The maximum atomic E-state index is 10.9. The largest absolute Gasteiger partial charge is 0.310 e. The van der Waals surface area contributed by atoms with Gasteiger partial charge in [-0.1, -0.05) is 12.8 Å². The second-order valence-electron chi connectivity index (χ2n) is 4.53. The molecule has 0 aromatic heterocycles. The number of rotatable bonds is 6. The van der Waals surface area contributed by atoms with E-state index in [0.717, 1.165) is 19.4 Å². The first-order chi connectivity index (χ1) is 6.97. The Labute approximate surface area is 97.5 Å². The van der Waals surface area contributed by atoms with E-state index in [0.29, 0.717) is 12.3 Å². The van der Waals surface area contributed by atoms with Gasteiger partial charge in [-0.2, -0.15) is 0 Å². The minimum absolute atomic E-state index is 0.0824. The fourth-order valence-electron chi connectivity index (χ4n) is 2.10. The van der Waals surface area contributed by atoms with Crippen LogP contribution in [0.2, 0.25) is 0 Å². The Kier molecular flexibility index (Phi) is 4.87. The van der Waals surface area contributed by atoms with Gasteiger partial charge in [-0.15, -0.1) is 11.6 Å². The maximum absolute atomic E-state index is 10.9. The quantitative estimate of drug-likeness (QED) is 0.577. The Hall–Kier alpha value is 0.200.